The molecule has 5 heteroatoms. The number of nitrogens with zero attached hydrogens (tertiary/aromatic N) is 2. The Morgan fingerprint density at radius 3 is 2.22 bits per heavy atom. The second-order valence-corrected chi connectivity index (χ2v) is 6.13. The molecule has 0 amide bonds. The molecule has 1 N–H and O–H groups in total. The molecular weight excluding hydrogens is 227 g/mol. The highest BCUT2D eigenvalue weighted by atomic mass is 16.2. The SMILES string of the molecule is CB(O)N1CCC(C)(N2CCC(C=O)CC2)CC1. The van der Waals surface area contributed by atoms with Crippen molar-refractivity contribution >= 4 is 13.3 Å². The van der Waals surface area contributed by atoms with Crippen molar-refractivity contribution in [1.29, 1.82) is 0 Å². The van der Waals surface area contributed by atoms with Crippen LogP contribution in [0.4, 0.5) is 0 Å². The van der Waals surface area contributed by atoms with Gasteiger partial charge < -0.3 is 14.6 Å². The molecule has 2 rings (SSSR count). The molecule has 0 aliphatic carbocycles. The number of carbonyl (C=O) groups excluding carboxylic acids is 1. The van der Waals surface area contributed by atoms with Crippen LogP contribution in [-0.4, -0.2) is 59.8 Å². The lowest BCUT2D eigenvalue weighted by Gasteiger charge is -2.49. The Morgan fingerprint density at radius 2 is 1.78 bits per heavy atom. The zero-order valence-electron chi connectivity index (χ0n) is 11.6. The number of likely N-dealkylation sites (tertiary alicyclic amines) is 1. The summed E-state index contributed by atoms with van der Waals surface area (Å²) in [5.41, 5.74) is 0.263. The number of hydrogen-bond acceptors (Lipinski definition) is 4. The maximum absolute atomic E-state index is 10.8. The second kappa shape index (κ2) is 5.72. The summed E-state index contributed by atoms with van der Waals surface area (Å²) in [6.07, 6.45) is 5.38. The zero-order chi connectivity index (χ0) is 13.2. The lowest BCUT2D eigenvalue weighted by molar-refractivity contribution is -0.113. The van der Waals surface area contributed by atoms with E-state index in [2.05, 4.69) is 16.6 Å². The van der Waals surface area contributed by atoms with Crippen LogP contribution in [0.3, 0.4) is 0 Å². The second-order valence-electron chi connectivity index (χ2n) is 6.13. The fourth-order valence-electron chi connectivity index (χ4n) is 3.27. The Hall–Kier alpha value is -0.385. The highest BCUT2D eigenvalue weighted by molar-refractivity contribution is 6.45. The smallest absolute Gasteiger partial charge is 0.376 e. The van der Waals surface area contributed by atoms with Crippen molar-refractivity contribution in [3.05, 3.63) is 0 Å². The van der Waals surface area contributed by atoms with Crippen LogP contribution in [0.5, 0.6) is 0 Å². The third kappa shape index (κ3) is 2.95. The van der Waals surface area contributed by atoms with Crippen LogP contribution >= 0.6 is 0 Å². The Morgan fingerprint density at radius 1 is 1.22 bits per heavy atom. The van der Waals surface area contributed by atoms with Gasteiger partial charge in [-0.25, -0.2) is 0 Å². The van der Waals surface area contributed by atoms with Gasteiger partial charge in [0.15, 0.2) is 0 Å². The molecule has 102 valence electrons. The fourth-order valence-corrected chi connectivity index (χ4v) is 3.27. The molecule has 4 nitrogen and oxygen atoms in total. The summed E-state index contributed by atoms with van der Waals surface area (Å²) in [5.74, 6) is 0.280. The summed E-state index contributed by atoms with van der Waals surface area (Å²) in [5, 5.41) is 9.60. The summed E-state index contributed by atoms with van der Waals surface area (Å²) in [7, 11) is -0.324. The fraction of sp³-hybridized carbons (Fsp3) is 0.923. The normalized spacial score (nSPS) is 27.1. The van der Waals surface area contributed by atoms with Crippen molar-refractivity contribution in [2.75, 3.05) is 26.2 Å². The summed E-state index contributed by atoms with van der Waals surface area (Å²) in [4.78, 5) is 15.5. The van der Waals surface area contributed by atoms with Crippen LogP contribution in [0.15, 0.2) is 0 Å². The summed E-state index contributed by atoms with van der Waals surface area (Å²) >= 11 is 0. The van der Waals surface area contributed by atoms with Gasteiger partial charge in [0.1, 0.15) is 6.29 Å². The van der Waals surface area contributed by atoms with E-state index in [1.54, 1.807) is 0 Å². The molecule has 0 aromatic rings. The average molecular weight is 252 g/mol. The van der Waals surface area contributed by atoms with E-state index in [1.807, 2.05) is 6.82 Å². The molecular formula is C13H25BN2O2. The maximum atomic E-state index is 10.8. The van der Waals surface area contributed by atoms with Gasteiger partial charge in [0.2, 0.25) is 0 Å². The van der Waals surface area contributed by atoms with Crippen LogP contribution in [0.1, 0.15) is 32.6 Å². The number of carbonyl (C=O) groups is 1. The zero-order valence-corrected chi connectivity index (χ0v) is 11.6. The molecule has 0 saturated carbocycles. The monoisotopic (exact) mass is 252 g/mol. The molecule has 0 atom stereocenters. The highest BCUT2D eigenvalue weighted by Gasteiger charge is 2.38. The topological polar surface area (TPSA) is 43.8 Å². The molecule has 2 heterocycles. The van der Waals surface area contributed by atoms with Gasteiger partial charge in [0.05, 0.1) is 0 Å². The molecule has 18 heavy (non-hydrogen) atoms. The minimum atomic E-state index is -0.324. The lowest BCUT2D eigenvalue weighted by Crippen LogP contribution is -2.57. The molecule has 0 spiro atoms. The van der Waals surface area contributed by atoms with Gasteiger partial charge >= 0.3 is 7.05 Å². The van der Waals surface area contributed by atoms with E-state index in [0.717, 1.165) is 58.1 Å². The van der Waals surface area contributed by atoms with Gasteiger partial charge in [-0.15, -0.1) is 0 Å². The third-order valence-corrected chi connectivity index (χ3v) is 4.90. The van der Waals surface area contributed by atoms with E-state index in [1.165, 1.54) is 0 Å². The van der Waals surface area contributed by atoms with E-state index in [9.17, 15) is 9.82 Å². The summed E-state index contributed by atoms with van der Waals surface area (Å²) in [6, 6.07) is 0. The quantitative estimate of drug-likeness (QED) is 0.597. The Kier molecular flexibility index (Phi) is 4.46. The lowest BCUT2D eigenvalue weighted by atomic mass is 9.77. The standard InChI is InChI=1S/C13H25BN2O2/c1-13(5-9-16(10-6-13)14(2)18)15-7-3-12(11-17)4-8-15/h11-12,18H,3-10H2,1-2H3. The number of rotatable bonds is 3. The summed E-state index contributed by atoms with van der Waals surface area (Å²) in [6.45, 7) is 8.23. The van der Waals surface area contributed by atoms with Crippen molar-refractivity contribution < 1.29 is 9.82 Å². The van der Waals surface area contributed by atoms with Crippen LogP contribution < -0.4 is 0 Å². The first-order valence-corrected chi connectivity index (χ1v) is 7.17. The van der Waals surface area contributed by atoms with E-state index in [-0.39, 0.29) is 18.5 Å². The molecule has 0 radical (unpaired) electrons. The van der Waals surface area contributed by atoms with E-state index in [0.29, 0.717) is 0 Å². The van der Waals surface area contributed by atoms with Gasteiger partial charge in [0.25, 0.3) is 0 Å². The van der Waals surface area contributed by atoms with Crippen molar-refractivity contribution in [3.8, 4) is 0 Å². The van der Waals surface area contributed by atoms with Crippen molar-refractivity contribution in [3.63, 3.8) is 0 Å². The molecule has 0 aromatic heterocycles. The van der Waals surface area contributed by atoms with Crippen molar-refractivity contribution in [2.24, 2.45) is 5.92 Å². The van der Waals surface area contributed by atoms with Crippen molar-refractivity contribution in [1.82, 2.24) is 9.71 Å². The number of aldehydes is 1. The largest absolute Gasteiger partial charge is 0.437 e. The van der Waals surface area contributed by atoms with Crippen LogP contribution in [0, 0.1) is 5.92 Å². The van der Waals surface area contributed by atoms with Crippen LogP contribution in [0.2, 0.25) is 6.82 Å². The van der Waals surface area contributed by atoms with Gasteiger partial charge in [0, 0.05) is 11.5 Å². The van der Waals surface area contributed by atoms with Gasteiger partial charge in [-0.1, -0.05) is 0 Å². The summed E-state index contributed by atoms with van der Waals surface area (Å²) < 4.78 is 0. The number of hydrogen-bond donors (Lipinski definition) is 1. The molecule has 0 unspecified atom stereocenters. The minimum absolute atomic E-state index is 0.263. The van der Waals surface area contributed by atoms with Crippen molar-refractivity contribution in [2.45, 2.75) is 45.0 Å². The molecule has 0 bridgehead atoms. The van der Waals surface area contributed by atoms with Gasteiger partial charge in [-0.05, 0) is 65.6 Å². The van der Waals surface area contributed by atoms with Gasteiger partial charge in [-0.2, -0.15) is 0 Å². The minimum Gasteiger partial charge on any atom is -0.437 e. The van der Waals surface area contributed by atoms with E-state index < -0.39 is 0 Å². The molecule has 2 saturated heterocycles. The first-order valence-electron chi connectivity index (χ1n) is 7.17. The van der Waals surface area contributed by atoms with E-state index in [4.69, 9.17) is 0 Å². The predicted molar refractivity (Wildman–Crippen MR) is 73.4 cm³/mol. The van der Waals surface area contributed by atoms with Gasteiger partial charge in [-0.3, -0.25) is 4.90 Å². The number of piperidine rings is 2. The first-order chi connectivity index (χ1) is 8.55. The molecule has 2 aliphatic rings. The Labute approximate surface area is 110 Å². The van der Waals surface area contributed by atoms with Crippen LogP contribution in [0.25, 0.3) is 0 Å². The molecule has 2 fully saturated rings. The predicted octanol–water partition coefficient (Wildman–Crippen LogP) is 0.862. The Bertz CT molecular complexity index is 283. The van der Waals surface area contributed by atoms with Crippen LogP contribution in [-0.2, 0) is 4.79 Å². The van der Waals surface area contributed by atoms with E-state index >= 15 is 0 Å². The molecule has 2 aliphatic heterocycles. The maximum Gasteiger partial charge on any atom is 0.376 e. The average Bonchev–Trinajstić information content (AvgIpc) is 2.39. The highest BCUT2D eigenvalue weighted by Crippen LogP contribution is 2.32. The third-order valence-electron chi connectivity index (χ3n) is 4.90. The first kappa shape index (κ1) is 14.0. The Balaban J connectivity index is 1.87. The molecule has 0 aromatic carbocycles.